The Morgan fingerprint density at radius 1 is 0.935 bits per heavy atom. The monoisotopic (exact) mass is 422 g/mol. The Labute approximate surface area is 188 Å². The molecule has 1 amide bonds. The quantitative estimate of drug-likeness (QED) is 0.669. The fraction of sp³-hybridized carbons (Fsp3) is 0.500. The van der Waals surface area contributed by atoms with E-state index in [1.807, 2.05) is 0 Å². The van der Waals surface area contributed by atoms with E-state index in [0.717, 1.165) is 45.6 Å². The van der Waals surface area contributed by atoms with Crippen LogP contribution < -0.4 is 10.2 Å². The summed E-state index contributed by atoms with van der Waals surface area (Å²) in [6, 6.07) is 17.4. The van der Waals surface area contributed by atoms with Gasteiger partial charge in [0.15, 0.2) is 0 Å². The molecule has 1 aliphatic heterocycles. The van der Waals surface area contributed by atoms with Crippen molar-refractivity contribution in [2.45, 2.75) is 39.3 Å². The maximum Gasteiger partial charge on any atom is 0.234 e. The lowest BCUT2D eigenvalue weighted by atomic mass is 10.0. The van der Waals surface area contributed by atoms with Gasteiger partial charge in [0, 0.05) is 52.5 Å². The highest BCUT2D eigenvalue weighted by molar-refractivity contribution is 5.78. The number of amides is 1. The molecule has 0 aromatic heterocycles. The highest BCUT2D eigenvalue weighted by Crippen LogP contribution is 2.16. The number of benzene rings is 2. The predicted molar refractivity (Wildman–Crippen MR) is 129 cm³/mol. The lowest BCUT2D eigenvalue weighted by Gasteiger charge is -2.34. The minimum Gasteiger partial charge on any atom is -0.378 e. The predicted octanol–water partition coefficient (Wildman–Crippen LogP) is 3.70. The van der Waals surface area contributed by atoms with E-state index in [2.05, 4.69) is 96.5 Å². The van der Waals surface area contributed by atoms with Crippen LogP contribution in [0.2, 0.25) is 0 Å². The number of nitrogens with one attached hydrogen (secondary N) is 1. The molecule has 1 atom stereocenters. The topological polar surface area (TPSA) is 38.8 Å². The third-order valence-electron chi connectivity index (χ3n) is 6.09. The van der Waals surface area contributed by atoms with E-state index in [4.69, 9.17) is 0 Å². The fourth-order valence-electron chi connectivity index (χ4n) is 4.10. The molecule has 1 heterocycles. The molecule has 5 heteroatoms. The van der Waals surface area contributed by atoms with Crippen LogP contribution in [0.25, 0.3) is 0 Å². The first-order valence-electron chi connectivity index (χ1n) is 11.5. The van der Waals surface area contributed by atoms with E-state index in [-0.39, 0.29) is 11.9 Å². The van der Waals surface area contributed by atoms with Crippen molar-refractivity contribution < 1.29 is 4.79 Å². The highest BCUT2D eigenvalue weighted by Gasteiger charge is 2.20. The Hall–Kier alpha value is -2.37. The smallest absolute Gasteiger partial charge is 0.234 e. The lowest BCUT2D eigenvalue weighted by molar-refractivity contribution is -0.123. The normalized spacial score (nSPS) is 16.1. The van der Waals surface area contributed by atoms with Crippen molar-refractivity contribution in [1.29, 1.82) is 0 Å². The molecule has 0 saturated carbocycles. The molecule has 31 heavy (non-hydrogen) atoms. The molecule has 168 valence electrons. The first-order chi connectivity index (χ1) is 14.9. The van der Waals surface area contributed by atoms with E-state index in [1.165, 1.54) is 22.4 Å². The number of rotatable bonds is 9. The zero-order valence-electron chi connectivity index (χ0n) is 19.6. The molecular formula is C26H38N4O. The van der Waals surface area contributed by atoms with Crippen molar-refractivity contribution in [1.82, 2.24) is 15.1 Å². The van der Waals surface area contributed by atoms with E-state index < -0.39 is 0 Å². The summed E-state index contributed by atoms with van der Waals surface area (Å²) in [5, 5.41) is 3.16. The van der Waals surface area contributed by atoms with Crippen LogP contribution in [0.5, 0.6) is 0 Å². The molecule has 0 bridgehead atoms. The third-order valence-corrected chi connectivity index (χ3v) is 6.09. The standard InChI is InChI=1S/C26H38N4O/c1-5-6-22-7-11-24(12-8-22)21(2)27-26(31)20-30-17-15-29(16-18-30)19-23-9-13-25(14-10-23)28(3)4/h7-14,21H,5-6,15-20H2,1-4H3,(H,27,31)/t21-/m0/s1. The van der Waals surface area contributed by atoms with Crippen LogP contribution in [-0.2, 0) is 17.8 Å². The second-order valence-electron chi connectivity index (χ2n) is 8.89. The van der Waals surface area contributed by atoms with Gasteiger partial charge in [0.25, 0.3) is 0 Å². The van der Waals surface area contributed by atoms with Gasteiger partial charge in [-0.25, -0.2) is 0 Å². The molecule has 0 unspecified atom stereocenters. The molecule has 0 aliphatic carbocycles. The molecular weight excluding hydrogens is 384 g/mol. The van der Waals surface area contributed by atoms with Gasteiger partial charge in [-0.05, 0) is 42.2 Å². The van der Waals surface area contributed by atoms with Crippen molar-refractivity contribution in [3.63, 3.8) is 0 Å². The molecule has 3 rings (SSSR count). The number of hydrogen-bond acceptors (Lipinski definition) is 4. The Balaban J connectivity index is 1.40. The van der Waals surface area contributed by atoms with Crippen LogP contribution in [-0.4, -0.2) is 62.5 Å². The van der Waals surface area contributed by atoms with Gasteiger partial charge in [0.05, 0.1) is 12.6 Å². The van der Waals surface area contributed by atoms with Crippen LogP contribution >= 0.6 is 0 Å². The minimum absolute atomic E-state index is 0.0367. The minimum atomic E-state index is 0.0367. The molecule has 1 saturated heterocycles. The molecule has 1 aliphatic rings. The molecule has 0 radical (unpaired) electrons. The highest BCUT2D eigenvalue weighted by atomic mass is 16.2. The zero-order valence-corrected chi connectivity index (χ0v) is 19.6. The van der Waals surface area contributed by atoms with Crippen LogP contribution in [0.3, 0.4) is 0 Å². The number of hydrogen-bond donors (Lipinski definition) is 1. The van der Waals surface area contributed by atoms with Gasteiger partial charge < -0.3 is 10.2 Å². The van der Waals surface area contributed by atoms with Crippen LogP contribution in [0.15, 0.2) is 48.5 Å². The summed E-state index contributed by atoms with van der Waals surface area (Å²) in [7, 11) is 4.13. The first-order valence-corrected chi connectivity index (χ1v) is 11.5. The van der Waals surface area contributed by atoms with Gasteiger partial charge in [-0.3, -0.25) is 14.6 Å². The summed E-state index contributed by atoms with van der Waals surface area (Å²) in [5.74, 6) is 0.109. The number of nitrogens with zero attached hydrogens (tertiary/aromatic N) is 3. The Bertz CT molecular complexity index is 808. The van der Waals surface area contributed by atoms with Crippen molar-refractivity contribution in [2.24, 2.45) is 0 Å². The van der Waals surface area contributed by atoms with Gasteiger partial charge in [0.1, 0.15) is 0 Å². The molecule has 1 N–H and O–H groups in total. The molecule has 5 nitrogen and oxygen atoms in total. The van der Waals surface area contributed by atoms with Gasteiger partial charge in [0.2, 0.25) is 5.91 Å². The maximum atomic E-state index is 12.6. The van der Waals surface area contributed by atoms with Crippen LogP contribution in [0.4, 0.5) is 5.69 Å². The average molecular weight is 423 g/mol. The van der Waals surface area contributed by atoms with Crippen molar-refractivity contribution >= 4 is 11.6 Å². The second kappa shape index (κ2) is 11.3. The van der Waals surface area contributed by atoms with Crippen LogP contribution in [0.1, 0.15) is 43.0 Å². The number of carbonyl (C=O) groups is 1. The number of aryl methyl sites for hydroxylation is 1. The Morgan fingerprint density at radius 3 is 2.10 bits per heavy atom. The van der Waals surface area contributed by atoms with Crippen molar-refractivity contribution in [2.75, 3.05) is 51.7 Å². The number of anilines is 1. The average Bonchev–Trinajstić information content (AvgIpc) is 2.76. The Kier molecular flexibility index (Phi) is 8.50. The maximum absolute atomic E-state index is 12.6. The van der Waals surface area contributed by atoms with Gasteiger partial charge in [-0.2, -0.15) is 0 Å². The summed E-state index contributed by atoms with van der Waals surface area (Å²) < 4.78 is 0. The molecule has 1 fully saturated rings. The number of carbonyl (C=O) groups excluding carboxylic acids is 1. The summed E-state index contributed by atoms with van der Waals surface area (Å²) in [4.78, 5) is 19.4. The van der Waals surface area contributed by atoms with Crippen molar-refractivity contribution in [3.05, 3.63) is 65.2 Å². The van der Waals surface area contributed by atoms with E-state index in [1.54, 1.807) is 0 Å². The molecule has 2 aromatic rings. The van der Waals surface area contributed by atoms with Crippen molar-refractivity contribution in [3.8, 4) is 0 Å². The first kappa shape index (κ1) is 23.3. The van der Waals surface area contributed by atoms with E-state index in [0.29, 0.717) is 6.54 Å². The summed E-state index contributed by atoms with van der Waals surface area (Å²) in [6.07, 6.45) is 2.26. The Morgan fingerprint density at radius 2 is 1.52 bits per heavy atom. The summed E-state index contributed by atoms with van der Waals surface area (Å²) in [5.41, 5.74) is 5.09. The summed E-state index contributed by atoms with van der Waals surface area (Å²) >= 11 is 0. The van der Waals surface area contributed by atoms with Gasteiger partial charge >= 0.3 is 0 Å². The van der Waals surface area contributed by atoms with E-state index >= 15 is 0 Å². The zero-order chi connectivity index (χ0) is 22.2. The SMILES string of the molecule is CCCc1ccc([C@H](C)NC(=O)CN2CCN(Cc3ccc(N(C)C)cc3)CC2)cc1. The van der Waals surface area contributed by atoms with Gasteiger partial charge in [-0.15, -0.1) is 0 Å². The third kappa shape index (κ3) is 7.08. The van der Waals surface area contributed by atoms with Gasteiger partial charge in [-0.1, -0.05) is 49.7 Å². The fourth-order valence-corrected chi connectivity index (χ4v) is 4.10. The largest absolute Gasteiger partial charge is 0.378 e. The summed E-state index contributed by atoms with van der Waals surface area (Å²) in [6.45, 7) is 9.56. The lowest BCUT2D eigenvalue weighted by Crippen LogP contribution is -2.49. The van der Waals surface area contributed by atoms with Crippen LogP contribution in [0, 0.1) is 0 Å². The number of piperazine rings is 1. The molecule has 2 aromatic carbocycles. The second-order valence-corrected chi connectivity index (χ2v) is 8.89. The molecule has 0 spiro atoms. The van der Waals surface area contributed by atoms with E-state index in [9.17, 15) is 4.79 Å².